The summed E-state index contributed by atoms with van der Waals surface area (Å²) < 4.78 is 5.86. The molecule has 3 aromatic carbocycles. The standard InChI is InChI=1S/C36H38N4O6/c41-32(22-46-29-14-10-24(11-15-29)18-23-6-2-1-3-7-23)40-21-27-9-5-4-8-25(27)20-31(40)35(44)39-30(19-26-16-17-37-34(26)43)33(42)36(45)38-28-12-13-28/h1-11,14-15,26,28,30-31H,12-13,16-22H2,(H,37,43)(H,38,45)(H,39,44)/t26-,30-,31-/m0/s1. The molecule has 1 aliphatic carbocycles. The first-order valence-electron chi connectivity index (χ1n) is 15.9. The van der Waals surface area contributed by atoms with E-state index in [-0.39, 0.29) is 43.8 Å². The maximum absolute atomic E-state index is 13.9. The molecular formula is C36H38N4O6. The van der Waals surface area contributed by atoms with Gasteiger partial charge >= 0.3 is 0 Å². The van der Waals surface area contributed by atoms with Crippen molar-refractivity contribution in [3.05, 3.63) is 101 Å². The predicted molar refractivity (Wildman–Crippen MR) is 170 cm³/mol. The number of carbonyl (C=O) groups excluding carboxylic acids is 5. The van der Waals surface area contributed by atoms with E-state index in [4.69, 9.17) is 4.74 Å². The lowest BCUT2D eigenvalue weighted by Gasteiger charge is -2.36. The third kappa shape index (κ3) is 7.62. The van der Waals surface area contributed by atoms with Gasteiger partial charge in [-0.1, -0.05) is 66.7 Å². The zero-order valence-corrected chi connectivity index (χ0v) is 25.6. The van der Waals surface area contributed by atoms with Crippen molar-refractivity contribution in [2.24, 2.45) is 5.92 Å². The lowest BCUT2D eigenvalue weighted by atomic mass is 9.92. The number of ketones is 1. The SMILES string of the molecule is O=C(NC1CC1)C(=O)[C@H](C[C@@H]1CCNC1=O)NC(=O)[C@@H]1Cc2ccccc2CN1C(=O)COc1ccc(Cc2ccccc2)cc1. The first-order chi connectivity index (χ1) is 22.3. The van der Waals surface area contributed by atoms with E-state index >= 15 is 0 Å². The van der Waals surface area contributed by atoms with E-state index in [2.05, 4.69) is 28.1 Å². The van der Waals surface area contributed by atoms with Crippen LogP contribution in [0.4, 0.5) is 0 Å². The van der Waals surface area contributed by atoms with Crippen molar-refractivity contribution < 1.29 is 28.7 Å². The average molecular weight is 623 g/mol. The Morgan fingerprint density at radius 2 is 1.57 bits per heavy atom. The fraction of sp³-hybridized carbons (Fsp3) is 0.361. The molecule has 3 atom stereocenters. The maximum Gasteiger partial charge on any atom is 0.289 e. The lowest BCUT2D eigenvalue weighted by Crippen LogP contribution is -2.57. The number of nitrogens with zero attached hydrogens (tertiary/aromatic N) is 1. The van der Waals surface area contributed by atoms with Gasteiger partial charge in [0.15, 0.2) is 6.61 Å². The van der Waals surface area contributed by atoms with E-state index in [0.29, 0.717) is 18.7 Å². The van der Waals surface area contributed by atoms with Crippen LogP contribution in [0.25, 0.3) is 0 Å². The minimum atomic E-state index is -1.19. The fourth-order valence-electron chi connectivity index (χ4n) is 6.08. The highest BCUT2D eigenvalue weighted by atomic mass is 16.5. The molecule has 3 aliphatic rings. The van der Waals surface area contributed by atoms with Crippen LogP contribution in [0.3, 0.4) is 0 Å². The molecular weight excluding hydrogens is 584 g/mol. The number of nitrogens with one attached hydrogen (secondary N) is 3. The third-order valence-corrected chi connectivity index (χ3v) is 8.86. The van der Waals surface area contributed by atoms with E-state index in [1.165, 1.54) is 10.5 Å². The van der Waals surface area contributed by atoms with Gasteiger partial charge < -0.3 is 25.6 Å². The Morgan fingerprint density at radius 1 is 0.870 bits per heavy atom. The van der Waals surface area contributed by atoms with Crippen molar-refractivity contribution in [1.29, 1.82) is 0 Å². The maximum atomic E-state index is 13.9. The molecule has 46 heavy (non-hydrogen) atoms. The summed E-state index contributed by atoms with van der Waals surface area (Å²) in [5.74, 6) is -2.66. The van der Waals surface area contributed by atoms with Gasteiger partial charge in [0.1, 0.15) is 11.8 Å². The second-order valence-electron chi connectivity index (χ2n) is 12.3. The molecule has 3 aromatic rings. The number of hydrogen-bond acceptors (Lipinski definition) is 6. The molecule has 0 radical (unpaired) electrons. The van der Waals surface area contributed by atoms with Crippen LogP contribution in [0.1, 0.15) is 47.9 Å². The van der Waals surface area contributed by atoms with Gasteiger partial charge in [-0.15, -0.1) is 0 Å². The highest BCUT2D eigenvalue weighted by Crippen LogP contribution is 2.25. The molecule has 238 valence electrons. The Labute approximate surface area is 267 Å². The molecule has 3 N–H and O–H groups in total. The molecule has 1 saturated carbocycles. The van der Waals surface area contributed by atoms with Crippen LogP contribution in [-0.2, 0) is 43.4 Å². The lowest BCUT2D eigenvalue weighted by molar-refractivity contribution is -0.145. The van der Waals surface area contributed by atoms with E-state index in [1.807, 2.05) is 66.7 Å². The topological polar surface area (TPSA) is 134 Å². The molecule has 0 unspecified atom stereocenters. The summed E-state index contributed by atoms with van der Waals surface area (Å²) in [4.78, 5) is 67.3. The Bertz CT molecular complexity index is 1600. The van der Waals surface area contributed by atoms with Crippen molar-refractivity contribution in [3.63, 3.8) is 0 Å². The number of benzene rings is 3. The molecule has 2 aliphatic heterocycles. The van der Waals surface area contributed by atoms with E-state index in [1.54, 1.807) is 0 Å². The van der Waals surface area contributed by atoms with Crippen LogP contribution in [-0.4, -0.2) is 65.6 Å². The molecule has 0 aromatic heterocycles. The predicted octanol–water partition coefficient (Wildman–Crippen LogP) is 2.47. The van der Waals surface area contributed by atoms with Gasteiger partial charge in [-0.2, -0.15) is 0 Å². The summed E-state index contributed by atoms with van der Waals surface area (Å²) in [6.07, 6.45) is 3.14. The molecule has 2 heterocycles. The minimum absolute atomic E-state index is 0.00905. The van der Waals surface area contributed by atoms with Crippen molar-refractivity contribution in [3.8, 4) is 5.75 Å². The summed E-state index contributed by atoms with van der Waals surface area (Å²) in [5.41, 5.74) is 4.15. The van der Waals surface area contributed by atoms with Gasteiger partial charge in [0.2, 0.25) is 17.6 Å². The minimum Gasteiger partial charge on any atom is -0.484 e. The van der Waals surface area contributed by atoms with Crippen molar-refractivity contribution in [2.75, 3.05) is 13.2 Å². The zero-order valence-electron chi connectivity index (χ0n) is 25.6. The molecule has 0 spiro atoms. The van der Waals surface area contributed by atoms with Gasteiger partial charge in [-0.3, -0.25) is 24.0 Å². The normalized spacial score (nSPS) is 19.4. The first kappa shape index (κ1) is 31.0. The Balaban J connectivity index is 1.15. The first-order valence-corrected chi connectivity index (χ1v) is 15.9. The summed E-state index contributed by atoms with van der Waals surface area (Å²) >= 11 is 0. The van der Waals surface area contributed by atoms with Crippen LogP contribution in [0.15, 0.2) is 78.9 Å². The number of ether oxygens (including phenoxy) is 1. The second-order valence-corrected chi connectivity index (χ2v) is 12.3. The molecule has 10 heteroatoms. The van der Waals surface area contributed by atoms with Crippen LogP contribution in [0.2, 0.25) is 0 Å². The van der Waals surface area contributed by atoms with Crippen LogP contribution < -0.4 is 20.7 Å². The second kappa shape index (κ2) is 14.0. The third-order valence-electron chi connectivity index (χ3n) is 8.86. The largest absolute Gasteiger partial charge is 0.484 e. The Morgan fingerprint density at radius 3 is 2.26 bits per heavy atom. The molecule has 6 rings (SSSR count). The number of fused-ring (bicyclic) bond motifs is 1. The highest BCUT2D eigenvalue weighted by Gasteiger charge is 2.40. The van der Waals surface area contributed by atoms with E-state index in [0.717, 1.165) is 36.0 Å². The van der Waals surface area contributed by atoms with Crippen LogP contribution >= 0.6 is 0 Å². The smallest absolute Gasteiger partial charge is 0.289 e. The van der Waals surface area contributed by atoms with E-state index in [9.17, 15) is 24.0 Å². The zero-order chi connectivity index (χ0) is 32.0. The quantitative estimate of drug-likeness (QED) is 0.266. The Hall–Kier alpha value is -4.99. The van der Waals surface area contributed by atoms with Gasteiger partial charge in [0, 0.05) is 31.5 Å². The van der Waals surface area contributed by atoms with Gasteiger partial charge in [0.05, 0.1) is 6.04 Å². The van der Waals surface area contributed by atoms with Gasteiger partial charge in [-0.25, -0.2) is 0 Å². The van der Waals surface area contributed by atoms with Gasteiger partial charge in [0.25, 0.3) is 11.8 Å². The number of amides is 4. The van der Waals surface area contributed by atoms with E-state index < -0.39 is 35.6 Å². The Kier molecular flexibility index (Phi) is 9.42. The number of rotatable bonds is 12. The van der Waals surface area contributed by atoms with Gasteiger partial charge in [-0.05, 0) is 66.5 Å². The molecule has 4 amide bonds. The molecule has 1 saturated heterocycles. The highest BCUT2D eigenvalue weighted by molar-refractivity contribution is 6.38. The van der Waals surface area contributed by atoms with Crippen molar-refractivity contribution >= 4 is 29.4 Å². The van der Waals surface area contributed by atoms with Crippen LogP contribution in [0, 0.1) is 5.92 Å². The number of carbonyl (C=O) groups is 5. The molecule has 0 bridgehead atoms. The average Bonchev–Trinajstić information content (AvgIpc) is 3.81. The molecule has 10 nitrogen and oxygen atoms in total. The van der Waals surface area contributed by atoms with Crippen molar-refractivity contribution in [1.82, 2.24) is 20.9 Å². The molecule has 2 fully saturated rings. The number of Topliss-reactive ketones (excluding diaryl/α,β-unsaturated/α-hetero) is 1. The summed E-state index contributed by atoms with van der Waals surface area (Å²) in [7, 11) is 0. The van der Waals surface area contributed by atoms with Crippen LogP contribution in [0.5, 0.6) is 5.75 Å². The van der Waals surface area contributed by atoms with Crippen molar-refractivity contribution in [2.45, 2.75) is 63.2 Å². The monoisotopic (exact) mass is 622 g/mol. The number of hydrogen-bond donors (Lipinski definition) is 3. The summed E-state index contributed by atoms with van der Waals surface area (Å²) in [6, 6.07) is 23.1. The fourth-order valence-corrected chi connectivity index (χ4v) is 6.08. The summed E-state index contributed by atoms with van der Waals surface area (Å²) in [5, 5.41) is 8.20. The summed E-state index contributed by atoms with van der Waals surface area (Å²) in [6.45, 7) is 0.390.